The Morgan fingerprint density at radius 1 is 1.14 bits per heavy atom. The average Bonchev–Trinajstić information content (AvgIpc) is 2.50. The Morgan fingerprint density at radius 2 is 1.90 bits per heavy atom. The van der Waals surface area contributed by atoms with Gasteiger partial charge in [-0.3, -0.25) is 4.79 Å². The van der Waals surface area contributed by atoms with E-state index in [-0.39, 0.29) is 17.5 Å². The molecule has 0 aromatic heterocycles. The largest absolute Gasteiger partial charge is 0.493 e. The highest BCUT2D eigenvalue weighted by molar-refractivity contribution is 5.81. The molecule has 0 amide bonds. The highest BCUT2D eigenvalue weighted by Gasteiger charge is 2.23. The number of benzene rings is 2. The molecule has 108 valence electrons. The first-order valence-electron chi connectivity index (χ1n) is 7.20. The lowest BCUT2D eigenvalue weighted by Gasteiger charge is -2.25. The van der Waals surface area contributed by atoms with Crippen molar-refractivity contribution in [3.63, 3.8) is 0 Å². The van der Waals surface area contributed by atoms with E-state index in [9.17, 15) is 9.18 Å². The van der Waals surface area contributed by atoms with Gasteiger partial charge in [-0.25, -0.2) is 4.39 Å². The van der Waals surface area contributed by atoms with Gasteiger partial charge in [0.15, 0.2) is 0 Å². The number of rotatable bonds is 4. The molecule has 0 saturated carbocycles. The summed E-state index contributed by atoms with van der Waals surface area (Å²) in [6.45, 7) is 0.658. The summed E-state index contributed by atoms with van der Waals surface area (Å²) in [5.41, 5.74) is 1.98. The summed E-state index contributed by atoms with van der Waals surface area (Å²) in [5, 5.41) is 0. The van der Waals surface area contributed by atoms with Crippen LogP contribution in [-0.4, -0.2) is 12.4 Å². The number of halogens is 1. The van der Waals surface area contributed by atoms with Gasteiger partial charge in [0.1, 0.15) is 17.3 Å². The minimum atomic E-state index is -0.274. The van der Waals surface area contributed by atoms with Crippen LogP contribution in [0.15, 0.2) is 48.5 Å². The van der Waals surface area contributed by atoms with Gasteiger partial charge >= 0.3 is 0 Å². The van der Waals surface area contributed by atoms with Crippen molar-refractivity contribution >= 4 is 5.78 Å². The molecule has 2 aromatic carbocycles. The number of Topliss-reactive ketones (excluding diaryl/α,β-unsaturated/α-hetero) is 1. The predicted octanol–water partition coefficient (Wildman–Crippen LogP) is 3.89. The fourth-order valence-electron chi connectivity index (χ4n) is 2.80. The molecule has 1 aliphatic rings. The maximum atomic E-state index is 12.9. The minimum Gasteiger partial charge on any atom is -0.493 e. The molecule has 2 aromatic rings. The van der Waals surface area contributed by atoms with Crippen molar-refractivity contribution in [1.82, 2.24) is 0 Å². The molecule has 0 saturated heterocycles. The molecule has 2 nitrogen and oxygen atoms in total. The van der Waals surface area contributed by atoms with Crippen LogP contribution >= 0.6 is 0 Å². The molecule has 0 aliphatic carbocycles. The number of carbonyl (C=O) groups excluding carboxylic acids is 1. The quantitative estimate of drug-likeness (QED) is 0.851. The summed E-state index contributed by atoms with van der Waals surface area (Å²) in [4.78, 5) is 12.2. The molecule has 3 heteroatoms. The van der Waals surface area contributed by atoms with Crippen molar-refractivity contribution in [2.24, 2.45) is 0 Å². The molecular weight excluding hydrogens is 267 g/mol. The van der Waals surface area contributed by atoms with Crippen LogP contribution in [0.1, 0.15) is 29.9 Å². The molecule has 0 bridgehead atoms. The zero-order chi connectivity index (χ0) is 14.7. The fourth-order valence-corrected chi connectivity index (χ4v) is 2.80. The first kappa shape index (κ1) is 13.8. The highest BCUT2D eigenvalue weighted by Crippen LogP contribution is 2.35. The van der Waals surface area contributed by atoms with Crippen molar-refractivity contribution in [3.8, 4) is 5.75 Å². The van der Waals surface area contributed by atoms with Crippen molar-refractivity contribution in [2.75, 3.05) is 6.61 Å². The Labute approximate surface area is 123 Å². The van der Waals surface area contributed by atoms with Gasteiger partial charge in [0.05, 0.1) is 6.61 Å². The van der Waals surface area contributed by atoms with E-state index in [1.165, 1.54) is 12.1 Å². The van der Waals surface area contributed by atoms with Crippen molar-refractivity contribution in [1.29, 1.82) is 0 Å². The maximum absolute atomic E-state index is 12.9. The van der Waals surface area contributed by atoms with E-state index >= 15 is 0 Å². The third-order valence-corrected chi connectivity index (χ3v) is 3.87. The maximum Gasteiger partial charge on any atom is 0.137 e. The lowest BCUT2D eigenvalue weighted by atomic mass is 9.87. The van der Waals surface area contributed by atoms with Gasteiger partial charge in [-0.1, -0.05) is 30.3 Å². The van der Waals surface area contributed by atoms with E-state index < -0.39 is 0 Å². The summed E-state index contributed by atoms with van der Waals surface area (Å²) in [6.07, 6.45) is 1.74. The van der Waals surface area contributed by atoms with E-state index in [4.69, 9.17) is 4.74 Å². The molecule has 21 heavy (non-hydrogen) atoms. The first-order valence-corrected chi connectivity index (χ1v) is 7.20. The summed E-state index contributed by atoms with van der Waals surface area (Å²) in [7, 11) is 0. The molecule has 1 atom stereocenters. The third kappa shape index (κ3) is 3.30. The van der Waals surface area contributed by atoms with Gasteiger partial charge in [0.25, 0.3) is 0 Å². The second-order valence-corrected chi connectivity index (χ2v) is 5.42. The van der Waals surface area contributed by atoms with E-state index in [0.717, 1.165) is 23.3 Å². The normalized spacial score (nSPS) is 16.9. The Balaban J connectivity index is 1.67. The van der Waals surface area contributed by atoms with Gasteiger partial charge in [0, 0.05) is 12.8 Å². The second kappa shape index (κ2) is 6.08. The van der Waals surface area contributed by atoms with Gasteiger partial charge in [-0.2, -0.15) is 0 Å². The van der Waals surface area contributed by atoms with Crippen molar-refractivity contribution in [3.05, 3.63) is 65.5 Å². The Morgan fingerprint density at radius 3 is 2.71 bits per heavy atom. The summed E-state index contributed by atoms with van der Waals surface area (Å²) < 4.78 is 18.5. The van der Waals surface area contributed by atoms with Crippen LogP contribution in [0.5, 0.6) is 5.75 Å². The van der Waals surface area contributed by atoms with Crippen LogP contribution in [-0.2, 0) is 11.2 Å². The van der Waals surface area contributed by atoms with Crippen molar-refractivity contribution < 1.29 is 13.9 Å². The zero-order valence-corrected chi connectivity index (χ0v) is 11.7. The molecule has 0 spiro atoms. The third-order valence-electron chi connectivity index (χ3n) is 3.87. The molecule has 1 aliphatic heterocycles. The van der Waals surface area contributed by atoms with E-state index in [2.05, 4.69) is 0 Å². The van der Waals surface area contributed by atoms with Crippen LogP contribution < -0.4 is 4.74 Å². The van der Waals surface area contributed by atoms with E-state index in [1.807, 2.05) is 24.3 Å². The molecule has 1 unspecified atom stereocenters. The van der Waals surface area contributed by atoms with Crippen molar-refractivity contribution in [2.45, 2.75) is 25.2 Å². The Bertz CT molecular complexity index is 634. The lowest BCUT2D eigenvalue weighted by Crippen LogP contribution is -2.17. The number of ketones is 1. The number of fused-ring (bicyclic) bond motifs is 1. The van der Waals surface area contributed by atoms with Crippen LogP contribution in [0.25, 0.3) is 0 Å². The van der Waals surface area contributed by atoms with Gasteiger partial charge in [-0.15, -0.1) is 0 Å². The summed E-state index contributed by atoms with van der Waals surface area (Å²) >= 11 is 0. The minimum absolute atomic E-state index is 0.184. The highest BCUT2D eigenvalue weighted by atomic mass is 19.1. The lowest BCUT2D eigenvalue weighted by molar-refractivity contribution is -0.118. The van der Waals surface area contributed by atoms with Crippen LogP contribution in [0.4, 0.5) is 4.39 Å². The number of para-hydroxylation sites is 1. The van der Waals surface area contributed by atoms with Gasteiger partial charge < -0.3 is 4.74 Å². The topological polar surface area (TPSA) is 26.3 Å². The Hall–Kier alpha value is -2.16. The smallest absolute Gasteiger partial charge is 0.137 e. The van der Waals surface area contributed by atoms with E-state index in [0.29, 0.717) is 19.4 Å². The van der Waals surface area contributed by atoms with Crippen LogP contribution in [0.3, 0.4) is 0 Å². The number of ether oxygens (including phenoxy) is 1. The molecule has 0 N–H and O–H groups in total. The SMILES string of the molecule is O=C(Cc1ccc(F)cc1)CC1CCOc2ccccc21. The van der Waals surface area contributed by atoms with Crippen LogP contribution in [0, 0.1) is 5.82 Å². The average molecular weight is 284 g/mol. The predicted molar refractivity (Wildman–Crippen MR) is 79.0 cm³/mol. The van der Waals surface area contributed by atoms with Crippen LogP contribution in [0.2, 0.25) is 0 Å². The number of hydrogen-bond acceptors (Lipinski definition) is 2. The monoisotopic (exact) mass is 284 g/mol. The standard InChI is InChI=1S/C18H17FO2/c19-15-7-5-13(6-8-15)11-16(20)12-14-9-10-21-18-4-2-1-3-17(14)18/h1-8,14H,9-12H2. The number of carbonyl (C=O) groups is 1. The molecule has 0 fully saturated rings. The van der Waals surface area contributed by atoms with Gasteiger partial charge in [-0.05, 0) is 41.7 Å². The zero-order valence-electron chi connectivity index (χ0n) is 11.7. The molecule has 3 rings (SSSR count). The number of hydrogen-bond donors (Lipinski definition) is 0. The summed E-state index contributed by atoms with van der Waals surface area (Å²) in [5.74, 6) is 1.03. The Kier molecular flexibility index (Phi) is 4.00. The molecule has 1 heterocycles. The fraction of sp³-hybridized carbons (Fsp3) is 0.278. The van der Waals surface area contributed by atoms with E-state index in [1.54, 1.807) is 12.1 Å². The second-order valence-electron chi connectivity index (χ2n) is 5.42. The molecular formula is C18H17FO2. The first-order chi connectivity index (χ1) is 10.2. The summed E-state index contributed by atoms with van der Waals surface area (Å²) in [6, 6.07) is 14.0. The van der Waals surface area contributed by atoms with Gasteiger partial charge in [0.2, 0.25) is 0 Å². The molecule has 0 radical (unpaired) electrons.